The lowest BCUT2D eigenvalue weighted by molar-refractivity contribution is 0.592. The fourth-order valence-electron chi connectivity index (χ4n) is 7.66. The highest BCUT2D eigenvalue weighted by Gasteiger charge is 2.29. The summed E-state index contributed by atoms with van der Waals surface area (Å²) in [5.74, 6) is 0. The maximum Gasteiger partial charge on any atom is 0.0826 e. The maximum atomic E-state index is 5.48. The van der Waals surface area contributed by atoms with E-state index in [1.165, 1.54) is 87.7 Å². The van der Waals surface area contributed by atoms with E-state index in [-0.39, 0.29) is 5.41 Å². The lowest BCUT2D eigenvalue weighted by Gasteiger charge is -2.24. The van der Waals surface area contributed by atoms with E-state index < -0.39 is 0 Å². The Balaban J connectivity index is 1.81. The first-order chi connectivity index (χ1) is 18.8. The van der Waals surface area contributed by atoms with Crippen LogP contribution in [0.5, 0.6) is 0 Å². The minimum absolute atomic E-state index is 0.00686. The summed E-state index contributed by atoms with van der Waals surface area (Å²) in [5.41, 5.74) is 12.9. The van der Waals surface area contributed by atoms with Gasteiger partial charge in [0.15, 0.2) is 0 Å². The molecule has 8 aromatic rings. The summed E-state index contributed by atoms with van der Waals surface area (Å²) in [7, 11) is 0. The van der Waals surface area contributed by atoms with Gasteiger partial charge >= 0.3 is 0 Å². The molecule has 3 heteroatoms. The van der Waals surface area contributed by atoms with Gasteiger partial charge in [-0.05, 0) is 70.7 Å². The molecule has 0 bridgehead atoms. The topological polar surface area (TPSA) is 30.2 Å². The monoisotopic (exact) mass is 509 g/mol. The van der Waals surface area contributed by atoms with Gasteiger partial charge in [0, 0.05) is 43.7 Å². The second-order valence-electron chi connectivity index (χ2n) is 12.5. The molecule has 0 aliphatic carbocycles. The van der Waals surface area contributed by atoms with Gasteiger partial charge in [-0.3, -0.25) is 9.97 Å². The molecule has 8 rings (SSSR count). The standard InChI is InChI=1S/C36H35N3/c1-8-19-21-12-14-23-24-15-13-22-20(9-2)28(11-4)38-32-26-17-18(36(5,6)7)16-25-31(37-27(19)10-3)29(21)34(23)39(33(25)26)35(24)30(22)32/h12-17H,8-11H2,1-7H3. The largest absolute Gasteiger partial charge is 0.306 e. The number of benzene rings is 3. The van der Waals surface area contributed by atoms with Crippen molar-refractivity contribution in [3.63, 3.8) is 0 Å². The van der Waals surface area contributed by atoms with Crippen LogP contribution in [0.4, 0.5) is 0 Å². The number of aromatic nitrogens is 3. The molecule has 0 atom stereocenters. The van der Waals surface area contributed by atoms with E-state index in [2.05, 4.69) is 89.3 Å². The summed E-state index contributed by atoms with van der Waals surface area (Å²) >= 11 is 0. The van der Waals surface area contributed by atoms with Crippen molar-refractivity contribution in [2.45, 2.75) is 79.6 Å². The molecule has 3 nitrogen and oxygen atoms in total. The van der Waals surface area contributed by atoms with Crippen molar-refractivity contribution in [1.82, 2.24) is 14.4 Å². The van der Waals surface area contributed by atoms with Crippen molar-refractivity contribution in [3.05, 3.63) is 64.5 Å². The van der Waals surface area contributed by atoms with Crippen LogP contribution in [0.25, 0.3) is 70.7 Å². The molecule has 194 valence electrons. The zero-order chi connectivity index (χ0) is 27.0. The van der Waals surface area contributed by atoms with Crippen molar-refractivity contribution >= 4 is 70.7 Å². The number of aryl methyl sites for hydroxylation is 4. The molecule has 0 aliphatic heterocycles. The molecule has 0 unspecified atom stereocenters. The van der Waals surface area contributed by atoms with Crippen molar-refractivity contribution < 1.29 is 0 Å². The molecule has 0 spiro atoms. The Bertz CT molecular complexity index is 2090. The van der Waals surface area contributed by atoms with Crippen molar-refractivity contribution in [3.8, 4) is 0 Å². The number of hydrogen-bond acceptors (Lipinski definition) is 2. The summed E-state index contributed by atoms with van der Waals surface area (Å²) in [4.78, 5) is 11.0. The molecule has 0 saturated carbocycles. The molecular weight excluding hydrogens is 474 g/mol. The quantitative estimate of drug-likeness (QED) is 0.175. The van der Waals surface area contributed by atoms with Crippen LogP contribution in [-0.2, 0) is 31.1 Å². The van der Waals surface area contributed by atoms with Crippen LogP contribution >= 0.6 is 0 Å². The van der Waals surface area contributed by atoms with Crippen LogP contribution in [0.15, 0.2) is 36.4 Å². The second-order valence-corrected chi connectivity index (χ2v) is 12.5. The number of pyridine rings is 4. The Hall–Kier alpha value is -3.72. The fourth-order valence-corrected chi connectivity index (χ4v) is 7.66. The molecule has 0 saturated heterocycles. The zero-order valence-electron chi connectivity index (χ0n) is 24.1. The molecule has 0 fully saturated rings. The van der Waals surface area contributed by atoms with E-state index in [1.807, 2.05) is 0 Å². The van der Waals surface area contributed by atoms with Gasteiger partial charge in [-0.2, -0.15) is 0 Å². The Morgan fingerprint density at radius 1 is 0.564 bits per heavy atom. The van der Waals surface area contributed by atoms with Gasteiger partial charge < -0.3 is 4.40 Å². The molecule has 0 aliphatic rings. The summed E-state index contributed by atoms with van der Waals surface area (Å²) in [6.45, 7) is 16.0. The fraction of sp³-hybridized carbons (Fsp3) is 0.333. The Morgan fingerprint density at radius 3 is 1.38 bits per heavy atom. The predicted molar refractivity (Wildman–Crippen MR) is 168 cm³/mol. The SMILES string of the molecule is CCc1nc2c3cc(C(C)(C)C)cc4c5nc(CC)c(CC)c6ccc7c8ccc(c1CC)c2c8n(c34)c7c65. The van der Waals surface area contributed by atoms with Crippen molar-refractivity contribution in [1.29, 1.82) is 0 Å². The van der Waals surface area contributed by atoms with Gasteiger partial charge in [-0.15, -0.1) is 0 Å². The highest BCUT2D eigenvalue weighted by molar-refractivity contribution is 6.36. The van der Waals surface area contributed by atoms with E-state index in [4.69, 9.17) is 9.97 Å². The first kappa shape index (κ1) is 23.2. The van der Waals surface area contributed by atoms with Crippen LogP contribution < -0.4 is 0 Å². The molecule has 39 heavy (non-hydrogen) atoms. The number of hydrogen-bond donors (Lipinski definition) is 0. The van der Waals surface area contributed by atoms with Gasteiger partial charge in [-0.25, -0.2) is 0 Å². The van der Waals surface area contributed by atoms with E-state index in [9.17, 15) is 0 Å². The van der Waals surface area contributed by atoms with Gasteiger partial charge in [0.1, 0.15) is 0 Å². The molecule has 5 heterocycles. The normalized spacial score (nSPS) is 13.4. The minimum atomic E-state index is 0.00686. The van der Waals surface area contributed by atoms with Crippen molar-refractivity contribution in [2.75, 3.05) is 0 Å². The lowest BCUT2D eigenvalue weighted by atomic mass is 9.84. The van der Waals surface area contributed by atoms with E-state index in [0.29, 0.717) is 0 Å². The van der Waals surface area contributed by atoms with E-state index in [1.54, 1.807) is 0 Å². The molecular formula is C36H35N3. The molecule has 3 aromatic carbocycles. The summed E-state index contributed by atoms with van der Waals surface area (Å²) in [6, 6.07) is 14.4. The average molecular weight is 510 g/mol. The molecule has 0 N–H and O–H groups in total. The van der Waals surface area contributed by atoms with Gasteiger partial charge in [0.2, 0.25) is 0 Å². The molecule has 0 amide bonds. The smallest absolute Gasteiger partial charge is 0.0826 e. The van der Waals surface area contributed by atoms with Gasteiger partial charge in [0.25, 0.3) is 0 Å². The number of rotatable bonds is 4. The van der Waals surface area contributed by atoms with E-state index in [0.717, 1.165) is 36.7 Å². The average Bonchev–Trinajstić information content (AvgIpc) is 3.29. The summed E-state index contributed by atoms with van der Waals surface area (Å²) in [5, 5.41) is 10.6. The number of nitrogens with zero attached hydrogens (tertiary/aromatic N) is 3. The van der Waals surface area contributed by atoms with E-state index >= 15 is 0 Å². The Labute approximate surface area is 228 Å². The maximum absolute atomic E-state index is 5.48. The molecule has 0 radical (unpaired) electrons. The number of fused-ring (bicyclic) bond motifs is 3. The lowest BCUT2D eigenvalue weighted by Crippen LogP contribution is -2.12. The summed E-state index contributed by atoms with van der Waals surface area (Å²) < 4.78 is 2.60. The van der Waals surface area contributed by atoms with Gasteiger partial charge in [-0.1, -0.05) is 72.7 Å². The Kier molecular flexibility index (Phi) is 4.44. The predicted octanol–water partition coefficient (Wildman–Crippen LogP) is 9.51. The first-order valence-corrected chi connectivity index (χ1v) is 14.8. The minimum Gasteiger partial charge on any atom is -0.306 e. The third-order valence-electron chi connectivity index (χ3n) is 9.49. The van der Waals surface area contributed by atoms with Crippen LogP contribution in [0.1, 0.15) is 76.5 Å². The zero-order valence-corrected chi connectivity index (χ0v) is 24.1. The van der Waals surface area contributed by atoms with Crippen LogP contribution in [0.2, 0.25) is 0 Å². The summed E-state index contributed by atoms with van der Waals surface area (Å²) in [6.07, 6.45) is 3.88. The third-order valence-corrected chi connectivity index (χ3v) is 9.49. The second kappa shape index (κ2) is 7.47. The van der Waals surface area contributed by atoms with Crippen LogP contribution in [-0.4, -0.2) is 14.4 Å². The highest BCUT2D eigenvalue weighted by atomic mass is 14.9. The molecule has 5 aromatic heterocycles. The highest BCUT2D eigenvalue weighted by Crippen LogP contribution is 2.49. The third kappa shape index (κ3) is 2.64. The van der Waals surface area contributed by atoms with Crippen LogP contribution in [0.3, 0.4) is 0 Å². The van der Waals surface area contributed by atoms with Crippen molar-refractivity contribution in [2.24, 2.45) is 0 Å². The first-order valence-electron chi connectivity index (χ1n) is 14.8. The Morgan fingerprint density at radius 2 is 1.00 bits per heavy atom. The van der Waals surface area contributed by atoms with Crippen LogP contribution in [0, 0.1) is 0 Å². The van der Waals surface area contributed by atoms with Gasteiger partial charge in [0.05, 0.1) is 27.6 Å².